The lowest BCUT2D eigenvalue weighted by molar-refractivity contribution is -0.158. The molecule has 12 heteroatoms. The molecule has 6 rings (SSSR count). The van der Waals surface area contributed by atoms with Crippen molar-refractivity contribution in [1.29, 1.82) is 0 Å². The minimum Gasteiger partial charge on any atom is -0.469 e. The molecule has 4 fully saturated rings. The van der Waals surface area contributed by atoms with Crippen LogP contribution in [0.15, 0.2) is 24.3 Å². The summed E-state index contributed by atoms with van der Waals surface area (Å²) in [6.45, 7) is 15.3. The number of hydrogen-bond donors (Lipinski definition) is 0. The predicted octanol–water partition coefficient (Wildman–Crippen LogP) is 9.40. The van der Waals surface area contributed by atoms with Crippen LogP contribution in [0.4, 0.5) is 0 Å². The van der Waals surface area contributed by atoms with Crippen molar-refractivity contribution in [3.63, 3.8) is 0 Å². The normalized spacial score (nSPS) is 33.3. The predicted molar refractivity (Wildman–Crippen MR) is 257 cm³/mol. The highest BCUT2D eigenvalue weighted by Gasteiger charge is 2.70. The summed E-state index contributed by atoms with van der Waals surface area (Å²) < 4.78 is 10.2. The zero-order chi connectivity index (χ0) is 49.1. The molecule has 374 valence electrons. The van der Waals surface area contributed by atoms with Gasteiger partial charge >= 0.3 is 11.9 Å². The van der Waals surface area contributed by atoms with Gasteiger partial charge < -0.3 is 24.1 Å². The highest BCUT2D eigenvalue weighted by molar-refractivity contribution is 5.94. The number of allylic oxidation sites excluding steroid dienone is 4. The molecule has 0 bridgehead atoms. The zero-order valence-electron chi connectivity index (χ0n) is 42.3. The van der Waals surface area contributed by atoms with Crippen LogP contribution in [0.1, 0.15) is 177 Å². The average Bonchev–Trinajstić information content (AvgIpc) is 3.74. The maximum Gasteiger partial charge on any atom is 0.305 e. The largest absolute Gasteiger partial charge is 0.469 e. The molecule has 1 unspecified atom stereocenters. The van der Waals surface area contributed by atoms with E-state index in [4.69, 9.17) is 4.74 Å². The van der Waals surface area contributed by atoms with E-state index in [2.05, 4.69) is 56.7 Å². The second kappa shape index (κ2) is 24.5. The fourth-order valence-electron chi connectivity index (χ4n) is 12.2. The van der Waals surface area contributed by atoms with Crippen LogP contribution in [-0.2, 0) is 47.8 Å². The van der Waals surface area contributed by atoms with Gasteiger partial charge in [-0.1, -0.05) is 91.5 Å². The second-order valence-electron chi connectivity index (χ2n) is 22.2. The lowest BCUT2D eigenvalue weighted by Gasteiger charge is -2.33. The van der Waals surface area contributed by atoms with E-state index in [-0.39, 0.29) is 94.9 Å². The van der Waals surface area contributed by atoms with E-state index in [0.717, 1.165) is 103 Å². The molecule has 0 aromatic heterocycles. The third kappa shape index (κ3) is 13.9. The third-order valence-corrected chi connectivity index (χ3v) is 16.7. The summed E-state index contributed by atoms with van der Waals surface area (Å²) in [5, 5.41) is 0. The van der Waals surface area contributed by atoms with E-state index in [1.165, 1.54) is 14.0 Å². The summed E-state index contributed by atoms with van der Waals surface area (Å²) in [5.41, 5.74) is 0.132. The smallest absolute Gasteiger partial charge is 0.305 e. The number of nitrogens with zero attached hydrogens (tertiary/aromatic N) is 2. The van der Waals surface area contributed by atoms with Crippen molar-refractivity contribution in [2.45, 2.75) is 195 Å². The molecule has 2 aliphatic carbocycles. The number of carbonyl (C=O) groups excluding carboxylic acids is 8. The fourth-order valence-corrected chi connectivity index (χ4v) is 12.2. The van der Waals surface area contributed by atoms with Gasteiger partial charge in [-0.3, -0.25) is 33.6 Å². The van der Waals surface area contributed by atoms with Gasteiger partial charge in [-0.15, -0.1) is 0 Å². The fraction of sp³-hybridized carbons (Fsp3) is 0.782. The topological polar surface area (TPSA) is 162 Å². The van der Waals surface area contributed by atoms with Crippen LogP contribution < -0.4 is 0 Å². The molecule has 11 atom stereocenters. The molecule has 0 spiro atoms. The van der Waals surface area contributed by atoms with E-state index >= 15 is 0 Å². The minimum atomic E-state index is -1.11. The molecule has 67 heavy (non-hydrogen) atoms. The molecule has 4 aliphatic heterocycles. The van der Waals surface area contributed by atoms with Crippen LogP contribution in [-0.4, -0.2) is 95.6 Å². The Kier molecular flexibility index (Phi) is 19.8. The average molecular weight is 933 g/mol. The number of Topliss-reactive ketones (excluding diaryl/α,β-unsaturated/α-hetero) is 3. The Balaban J connectivity index is 0.000000264. The van der Waals surface area contributed by atoms with E-state index < -0.39 is 30.0 Å². The molecule has 0 aromatic carbocycles. The molecule has 2 saturated carbocycles. The maximum absolute atomic E-state index is 14.0. The monoisotopic (exact) mass is 933 g/mol. The zero-order valence-corrected chi connectivity index (χ0v) is 42.3. The van der Waals surface area contributed by atoms with E-state index in [9.17, 15) is 38.4 Å². The van der Waals surface area contributed by atoms with Gasteiger partial charge in [0.05, 0.1) is 25.6 Å². The number of aldehydes is 1. The molecule has 0 radical (unpaired) electrons. The molecule has 2 saturated heterocycles. The van der Waals surface area contributed by atoms with Crippen molar-refractivity contribution in [1.82, 2.24) is 9.80 Å². The first-order valence-electron chi connectivity index (χ1n) is 26.0. The van der Waals surface area contributed by atoms with E-state index in [1.807, 2.05) is 23.6 Å². The first kappa shape index (κ1) is 54.0. The van der Waals surface area contributed by atoms with Gasteiger partial charge in [0, 0.05) is 62.9 Å². The Bertz CT molecular complexity index is 1830. The number of methoxy groups -OCH3 is 1. The summed E-state index contributed by atoms with van der Waals surface area (Å²) in [6.07, 6.45) is 23.7. The first-order chi connectivity index (χ1) is 31.9. The van der Waals surface area contributed by atoms with E-state index in [1.54, 1.807) is 0 Å². The standard InChI is InChI=1S/C31H47NO7.C24H37NO3/c1-20-14-12-10-8-6-7-9-11-13-15-22(29(39-21(2)33)24(34)16-17-26(36)38-5)18-25(35)28-27-23(31(27,3)4)19-32(28)30(20)37;1-17-12-10-8-6-4-5-7-9-11-13-18(16-26)14-20(27)22-21-19(24(21,2)3)15-25(22)23(17)28/h6-7,20,22-23,27-29H,8-19H2,1-5H3;4-5,16-19,21-22H,6-15H2,1-3H3/t20-,22+,23-,27-,28+,29?;17-,18+,19-,21-,22+/m00/s1. The summed E-state index contributed by atoms with van der Waals surface area (Å²) in [6, 6.07) is -0.822. The number of carbonyl (C=O) groups is 8. The summed E-state index contributed by atoms with van der Waals surface area (Å²) in [7, 11) is 1.26. The number of hydrogen-bond acceptors (Lipinski definition) is 10. The third-order valence-electron chi connectivity index (χ3n) is 16.7. The Morgan fingerprint density at radius 3 is 1.52 bits per heavy atom. The van der Waals surface area contributed by atoms with Gasteiger partial charge in [-0.25, -0.2) is 0 Å². The highest BCUT2D eigenvalue weighted by atomic mass is 16.5. The van der Waals surface area contributed by atoms with Gasteiger partial charge in [0.25, 0.3) is 0 Å². The van der Waals surface area contributed by atoms with Crippen LogP contribution in [0.2, 0.25) is 0 Å². The molecule has 4 heterocycles. The molecule has 2 amide bonds. The lowest BCUT2D eigenvalue weighted by Crippen LogP contribution is -2.48. The Labute approximate surface area is 401 Å². The van der Waals surface area contributed by atoms with Crippen LogP contribution in [0.5, 0.6) is 0 Å². The second-order valence-corrected chi connectivity index (χ2v) is 22.2. The number of piperidine rings is 2. The summed E-state index contributed by atoms with van der Waals surface area (Å²) in [4.78, 5) is 106. The molecule has 6 aliphatic rings. The van der Waals surface area contributed by atoms with Crippen LogP contribution >= 0.6 is 0 Å². The molecular weight excluding hydrogens is 849 g/mol. The SMILES string of the molecule is COC(=O)CCC(=O)C(OC(C)=O)[C@@H]1CCCCC=CCCCC[C@H](C)C(=O)N2C[C@H]3[C@@H]([C@H]2C(=O)C1)C3(C)C.C[C@H]1CCCCC=CCCCC[C@@H](C=O)CC(=O)[C@@H]2[C@@H]3[C@H](CN2C1=O)C3(C)C. The van der Waals surface area contributed by atoms with Crippen molar-refractivity contribution in [2.24, 2.45) is 58.2 Å². The number of rotatable bonds is 7. The Morgan fingerprint density at radius 1 is 0.657 bits per heavy atom. The number of fused-ring (bicyclic) bond motifs is 6. The van der Waals surface area contributed by atoms with Crippen LogP contribution in [0, 0.1) is 58.2 Å². The Morgan fingerprint density at radius 2 is 1.09 bits per heavy atom. The number of ketones is 3. The lowest BCUT2D eigenvalue weighted by atomic mass is 9.84. The minimum absolute atomic E-state index is 0.00805. The van der Waals surface area contributed by atoms with Gasteiger partial charge in [0.1, 0.15) is 6.29 Å². The number of ether oxygens (including phenoxy) is 2. The number of amides is 2. The van der Waals surface area contributed by atoms with Crippen molar-refractivity contribution >= 4 is 47.4 Å². The highest BCUT2D eigenvalue weighted by Crippen LogP contribution is 2.66. The van der Waals surface area contributed by atoms with Gasteiger partial charge in [-0.05, 0) is 112 Å². The molecule has 12 nitrogen and oxygen atoms in total. The van der Waals surface area contributed by atoms with E-state index in [0.29, 0.717) is 37.8 Å². The molecule has 0 aromatic rings. The van der Waals surface area contributed by atoms with Gasteiger partial charge in [-0.2, -0.15) is 0 Å². The van der Waals surface area contributed by atoms with Crippen LogP contribution in [0.25, 0.3) is 0 Å². The molecule has 0 N–H and O–H groups in total. The number of esters is 2. The van der Waals surface area contributed by atoms with Gasteiger partial charge in [0.2, 0.25) is 11.8 Å². The Hall–Kier alpha value is -3.96. The van der Waals surface area contributed by atoms with Crippen molar-refractivity contribution in [3.8, 4) is 0 Å². The molecular formula is C55H84N2O10. The van der Waals surface area contributed by atoms with Crippen LogP contribution in [0.3, 0.4) is 0 Å². The maximum atomic E-state index is 14.0. The quantitative estimate of drug-likeness (QED) is 0.137. The van der Waals surface area contributed by atoms with Crippen molar-refractivity contribution < 1.29 is 47.8 Å². The van der Waals surface area contributed by atoms with Crippen molar-refractivity contribution in [2.75, 3.05) is 20.2 Å². The van der Waals surface area contributed by atoms with Gasteiger partial charge in [0.15, 0.2) is 23.5 Å². The summed E-state index contributed by atoms with van der Waals surface area (Å²) in [5.74, 6) is -1.04. The van der Waals surface area contributed by atoms with Crippen molar-refractivity contribution in [3.05, 3.63) is 24.3 Å². The summed E-state index contributed by atoms with van der Waals surface area (Å²) >= 11 is 0. The first-order valence-corrected chi connectivity index (χ1v) is 26.0.